The molecule has 0 fully saturated rings. The standard InChI is InChI=1S/C22H29N3O4S/c1-2-3-4-5-6-10-16-23-21(26)18-12-11-13-19(17-18)24-22(27)25-30(28,29)20-14-8-7-9-15-20/h7-9,11-15,17H,2-6,10,16H2,1H3,(H,23,26)(H2,24,25,27). The fourth-order valence-corrected chi connectivity index (χ4v) is 3.81. The lowest BCUT2D eigenvalue weighted by atomic mass is 10.1. The molecule has 0 atom stereocenters. The van der Waals surface area contributed by atoms with Crippen molar-refractivity contribution >= 4 is 27.6 Å². The summed E-state index contributed by atoms with van der Waals surface area (Å²) in [7, 11) is -3.97. The van der Waals surface area contributed by atoms with Crippen molar-refractivity contribution in [3.05, 3.63) is 60.2 Å². The minimum absolute atomic E-state index is 0.0111. The summed E-state index contributed by atoms with van der Waals surface area (Å²) in [6.07, 6.45) is 6.85. The van der Waals surface area contributed by atoms with Gasteiger partial charge < -0.3 is 10.6 Å². The fraction of sp³-hybridized carbons (Fsp3) is 0.364. The number of hydrogen-bond acceptors (Lipinski definition) is 4. The molecule has 0 spiro atoms. The number of rotatable bonds is 11. The second kappa shape index (κ2) is 12.0. The summed E-state index contributed by atoms with van der Waals surface area (Å²) in [5.41, 5.74) is 0.715. The smallest absolute Gasteiger partial charge is 0.333 e. The number of carbonyl (C=O) groups is 2. The Morgan fingerprint density at radius 3 is 2.30 bits per heavy atom. The molecular formula is C22H29N3O4S. The predicted molar refractivity (Wildman–Crippen MR) is 118 cm³/mol. The molecule has 0 unspecified atom stereocenters. The van der Waals surface area contributed by atoms with Gasteiger partial charge in [-0.1, -0.05) is 63.3 Å². The Morgan fingerprint density at radius 2 is 1.57 bits per heavy atom. The van der Waals surface area contributed by atoms with E-state index in [1.807, 2.05) is 4.72 Å². The number of benzene rings is 2. The highest BCUT2D eigenvalue weighted by molar-refractivity contribution is 7.90. The average Bonchev–Trinajstić information content (AvgIpc) is 2.73. The molecule has 2 rings (SSSR count). The second-order valence-corrected chi connectivity index (χ2v) is 8.66. The number of carbonyl (C=O) groups excluding carboxylic acids is 2. The van der Waals surface area contributed by atoms with Gasteiger partial charge >= 0.3 is 6.03 Å². The van der Waals surface area contributed by atoms with Crippen LogP contribution in [-0.2, 0) is 10.0 Å². The van der Waals surface area contributed by atoms with E-state index in [9.17, 15) is 18.0 Å². The van der Waals surface area contributed by atoms with Crippen LogP contribution >= 0.6 is 0 Å². The van der Waals surface area contributed by atoms with Crippen molar-refractivity contribution in [2.45, 2.75) is 50.3 Å². The summed E-state index contributed by atoms with van der Waals surface area (Å²) in [5.74, 6) is -0.232. The van der Waals surface area contributed by atoms with E-state index in [4.69, 9.17) is 0 Å². The van der Waals surface area contributed by atoms with Crippen molar-refractivity contribution in [1.82, 2.24) is 10.0 Å². The Hall–Kier alpha value is -2.87. The average molecular weight is 432 g/mol. The molecule has 0 aliphatic rings. The first kappa shape index (κ1) is 23.4. The first-order chi connectivity index (χ1) is 14.4. The van der Waals surface area contributed by atoms with Crippen LogP contribution in [-0.4, -0.2) is 26.9 Å². The zero-order valence-electron chi connectivity index (χ0n) is 17.2. The number of amides is 3. The third kappa shape index (κ3) is 7.87. The molecule has 0 bridgehead atoms. The molecule has 0 saturated heterocycles. The summed E-state index contributed by atoms with van der Waals surface area (Å²) < 4.78 is 26.4. The van der Waals surface area contributed by atoms with Gasteiger partial charge in [0.15, 0.2) is 0 Å². The highest BCUT2D eigenvalue weighted by Crippen LogP contribution is 2.12. The Morgan fingerprint density at radius 1 is 0.867 bits per heavy atom. The number of urea groups is 1. The van der Waals surface area contributed by atoms with Crippen molar-refractivity contribution in [2.75, 3.05) is 11.9 Å². The number of unbranched alkanes of at least 4 members (excludes halogenated alkanes) is 5. The molecule has 0 aliphatic heterocycles. The first-order valence-electron chi connectivity index (χ1n) is 10.2. The summed E-state index contributed by atoms with van der Waals surface area (Å²) in [5, 5.41) is 5.32. The Labute approximate surface area is 178 Å². The SMILES string of the molecule is CCCCCCCCNC(=O)c1cccc(NC(=O)NS(=O)(=O)c2ccccc2)c1. The van der Waals surface area contributed by atoms with E-state index >= 15 is 0 Å². The Bertz CT molecular complexity index is 930. The largest absolute Gasteiger partial charge is 0.352 e. The monoisotopic (exact) mass is 431 g/mol. The summed E-state index contributed by atoms with van der Waals surface area (Å²) >= 11 is 0. The molecule has 0 heterocycles. The van der Waals surface area contributed by atoms with Crippen molar-refractivity contribution < 1.29 is 18.0 Å². The van der Waals surface area contributed by atoms with Crippen LogP contribution in [0.1, 0.15) is 55.8 Å². The summed E-state index contributed by atoms with van der Waals surface area (Å²) in [6.45, 7) is 2.77. The molecular weight excluding hydrogens is 402 g/mol. The van der Waals surface area contributed by atoms with Crippen molar-refractivity contribution in [2.24, 2.45) is 0 Å². The van der Waals surface area contributed by atoms with Crippen LogP contribution in [0.2, 0.25) is 0 Å². The molecule has 0 saturated carbocycles. The lowest BCUT2D eigenvalue weighted by Gasteiger charge is -2.10. The molecule has 2 aromatic rings. The number of sulfonamides is 1. The minimum atomic E-state index is -3.97. The van der Waals surface area contributed by atoms with Gasteiger partial charge in [-0.15, -0.1) is 0 Å². The van der Waals surface area contributed by atoms with Gasteiger partial charge in [-0.05, 0) is 36.8 Å². The summed E-state index contributed by atoms with van der Waals surface area (Å²) in [4.78, 5) is 24.4. The maximum absolute atomic E-state index is 12.3. The van der Waals surface area contributed by atoms with Crippen LogP contribution < -0.4 is 15.4 Å². The molecule has 0 aromatic heterocycles. The lowest BCUT2D eigenvalue weighted by Crippen LogP contribution is -2.34. The highest BCUT2D eigenvalue weighted by Gasteiger charge is 2.17. The van der Waals surface area contributed by atoms with Gasteiger partial charge in [0.1, 0.15) is 0 Å². The van der Waals surface area contributed by atoms with Gasteiger partial charge in [0.2, 0.25) is 0 Å². The molecule has 3 N–H and O–H groups in total. The molecule has 162 valence electrons. The van der Waals surface area contributed by atoms with Gasteiger partial charge in [0, 0.05) is 17.8 Å². The van der Waals surface area contributed by atoms with E-state index in [2.05, 4.69) is 17.6 Å². The third-order valence-corrected chi connectivity index (χ3v) is 5.83. The molecule has 0 aliphatic carbocycles. The normalized spacial score (nSPS) is 11.0. The van der Waals surface area contributed by atoms with Crippen LogP contribution in [0.15, 0.2) is 59.5 Å². The van der Waals surface area contributed by atoms with Gasteiger partial charge in [-0.3, -0.25) is 4.79 Å². The third-order valence-electron chi connectivity index (χ3n) is 4.48. The van der Waals surface area contributed by atoms with E-state index in [-0.39, 0.29) is 10.8 Å². The number of anilines is 1. The first-order valence-corrected chi connectivity index (χ1v) is 11.7. The summed E-state index contributed by atoms with van der Waals surface area (Å²) in [6, 6.07) is 13.1. The molecule has 7 nitrogen and oxygen atoms in total. The maximum Gasteiger partial charge on any atom is 0.333 e. The zero-order chi connectivity index (χ0) is 21.8. The predicted octanol–water partition coefficient (Wildman–Crippen LogP) is 4.29. The molecule has 8 heteroatoms. The zero-order valence-corrected chi connectivity index (χ0v) is 18.0. The van der Waals surface area contributed by atoms with Gasteiger partial charge in [-0.2, -0.15) is 0 Å². The van der Waals surface area contributed by atoms with Gasteiger partial charge in [0.05, 0.1) is 4.90 Å². The minimum Gasteiger partial charge on any atom is -0.352 e. The molecule has 2 aromatic carbocycles. The van der Waals surface area contributed by atoms with Crippen molar-refractivity contribution in [1.29, 1.82) is 0 Å². The van der Waals surface area contributed by atoms with E-state index in [1.54, 1.807) is 36.4 Å². The van der Waals surface area contributed by atoms with Gasteiger partial charge in [-0.25, -0.2) is 17.9 Å². The number of hydrogen-bond donors (Lipinski definition) is 3. The lowest BCUT2D eigenvalue weighted by molar-refractivity contribution is 0.0953. The van der Waals surface area contributed by atoms with Crippen LogP contribution in [0.4, 0.5) is 10.5 Å². The topological polar surface area (TPSA) is 104 Å². The van der Waals surface area contributed by atoms with Crippen LogP contribution in [0.5, 0.6) is 0 Å². The fourth-order valence-electron chi connectivity index (χ4n) is 2.88. The molecule has 30 heavy (non-hydrogen) atoms. The van der Waals surface area contributed by atoms with Gasteiger partial charge in [0.25, 0.3) is 15.9 Å². The van der Waals surface area contributed by atoms with Crippen LogP contribution in [0.25, 0.3) is 0 Å². The van der Waals surface area contributed by atoms with E-state index in [0.29, 0.717) is 17.8 Å². The van der Waals surface area contributed by atoms with E-state index in [1.165, 1.54) is 43.9 Å². The Kier molecular flexibility index (Phi) is 9.34. The van der Waals surface area contributed by atoms with E-state index < -0.39 is 16.1 Å². The van der Waals surface area contributed by atoms with Crippen LogP contribution in [0.3, 0.4) is 0 Å². The number of nitrogens with one attached hydrogen (secondary N) is 3. The van der Waals surface area contributed by atoms with Crippen molar-refractivity contribution in [3.63, 3.8) is 0 Å². The molecule has 0 radical (unpaired) electrons. The quantitative estimate of drug-likeness (QED) is 0.462. The molecule has 3 amide bonds. The second-order valence-electron chi connectivity index (χ2n) is 6.98. The van der Waals surface area contributed by atoms with Crippen LogP contribution in [0, 0.1) is 0 Å². The maximum atomic E-state index is 12.3. The van der Waals surface area contributed by atoms with E-state index in [0.717, 1.165) is 12.8 Å². The highest BCUT2D eigenvalue weighted by atomic mass is 32.2. The Balaban J connectivity index is 1.84. The van der Waals surface area contributed by atoms with Crippen molar-refractivity contribution in [3.8, 4) is 0 Å².